The number of piperazine rings is 1. The molecule has 1 aliphatic heterocycles. The SMILES string of the molecule is CCNC(=NCc1nc(C)no1)N1CCN(C(C)(C)C(N)=O)CC1.I. The van der Waals surface area contributed by atoms with Crippen molar-refractivity contribution in [3.8, 4) is 0 Å². The maximum Gasteiger partial charge on any atom is 0.248 e. The Morgan fingerprint density at radius 2 is 2.00 bits per heavy atom. The zero-order valence-corrected chi connectivity index (χ0v) is 17.6. The lowest BCUT2D eigenvalue weighted by atomic mass is 10.0. The number of rotatable bonds is 5. The van der Waals surface area contributed by atoms with Crippen LogP contribution in [0.1, 0.15) is 32.5 Å². The number of aromatic nitrogens is 2. The minimum absolute atomic E-state index is 0. The van der Waals surface area contributed by atoms with Gasteiger partial charge in [-0.1, -0.05) is 5.16 Å². The summed E-state index contributed by atoms with van der Waals surface area (Å²) in [5, 5.41) is 7.05. The average Bonchev–Trinajstić information content (AvgIpc) is 2.97. The summed E-state index contributed by atoms with van der Waals surface area (Å²) >= 11 is 0. The quantitative estimate of drug-likeness (QED) is 0.367. The van der Waals surface area contributed by atoms with Gasteiger partial charge in [0.15, 0.2) is 11.8 Å². The molecule has 142 valence electrons. The molecule has 1 aliphatic rings. The normalized spacial score (nSPS) is 16.5. The molecule has 1 saturated heterocycles. The van der Waals surface area contributed by atoms with Gasteiger partial charge in [0.2, 0.25) is 11.8 Å². The van der Waals surface area contributed by atoms with Gasteiger partial charge in [-0.25, -0.2) is 4.99 Å². The van der Waals surface area contributed by atoms with Crippen molar-refractivity contribution >= 4 is 35.8 Å². The molecule has 2 heterocycles. The van der Waals surface area contributed by atoms with Crippen LogP contribution in [0.25, 0.3) is 0 Å². The first-order chi connectivity index (χ1) is 11.3. The summed E-state index contributed by atoms with van der Waals surface area (Å²) in [6, 6.07) is 0. The van der Waals surface area contributed by atoms with Crippen LogP contribution < -0.4 is 11.1 Å². The first-order valence-electron chi connectivity index (χ1n) is 8.22. The third-order valence-corrected chi connectivity index (χ3v) is 4.24. The summed E-state index contributed by atoms with van der Waals surface area (Å²) in [5.41, 5.74) is 4.87. The van der Waals surface area contributed by atoms with Crippen LogP contribution in [0.3, 0.4) is 0 Å². The second-order valence-electron chi connectivity index (χ2n) is 6.30. The summed E-state index contributed by atoms with van der Waals surface area (Å²) in [6.45, 7) is 11.7. The van der Waals surface area contributed by atoms with E-state index in [1.807, 2.05) is 20.8 Å². The number of guanidine groups is 1. The number of aryl methyl sites for hydroxylation is 1. The number of nitrogens with one attached hydrogen (secondary N) is 1. The molecule has 0 bridgehead atoms. The van der Waals surface area contributed by atoms with Crippen molar-refractivity contribution in [3.63, 3.8) is 0 Å². The maximum absolute atomic E-state index is 11.6. The monoisotopic (exact) mass is 465 g/mol. The maximum atomic E-state index is 11.6. The molecule has 0 aromatic carbocycles. The predicted octanol–water partition coefficient (Wildman–Crippen LogP) is 0.343. The van der Waals surface area contributed by atoms with Crippen molar-refractivity contribution in [2.24, 2.45) is 10.7 Å². The molecule has 2 rings (SSSR count). The van der Waals surface area contributed by atoms with Crippen molar-refractivity contribution in [1.82, 2.24) is 25.3 Å². The van der Waals surface area contributed by atoms with Gasteiger partial charge >= 0.3 is 0 Å². The highest BCUT2D eigenvalue weighted by Gasteiger charge is 2.35. The van der Waals surface area contributed by atoms with E-state index in [1.165, 1.54) is 0 Å². The Bertz CT molecular complexity index is 594. The van der Waals surface area contributed by atoms with Crippen LogP contribution >= 0.6 is 24.0 Å². The van der Waals surface area contributed by atoms with E-state index in [4.69, 9.17) is 10.3 Å². The second-order valence-corrected chi connectivity index (χ2v) is 6.30. The van der Waals surface area contributed by atoms with Crippen LogP contribution in [0, 0.1) is 6.92 Å². The number of nitrogens with two attached hydrogens (primary N) is 1. The number of carbonyl (C=O) groups excluding carboxylic acids is 1. The third-order valence-electron chi connectivity index (χ3n) is 4.24. The van der Waals surface area contributed by atoms with Gasteiger partial charge < -0.3 is 20.5 Å². The molecule has 25 heavy (non-hydrogen) atoms. The first-order valence-corrected chi connectivity index (χ1v) is 8.22. The lowest BCUT2D eigenvalue weighted by molar-refractivity contribution is -0.129. The fourth-order valence-electron chi connectivity index (χ4n) is 2.61. The first kappa shape index (κ1) is 21.6. The highest BCUT2D eigenvalue weighted by atomic mass is 127. The standard InChI is InChI=1S/C15H27N7O2.HI/c1-5-17-14(18-10-12-19-11(2)20-24-12)21-6-8-22(9-7-21)15(3,4)13(16)23;/h5-10H2,1-4H3,(H2,16,23)(H,17,18);1H. The van der Waals surface area contributed by atoms with Crippen molar-refractivity contribution < 1.29 is 9.32 Å². The van der Waals surface area contributed by atoms with E-state index in [1.54, 1.807) is 6.92 Å². The van der Waals surface area contributed by atoms with E-state index in [0.29, 0.717) is 18.3 Å². The molecule has 0 saturated carbocycles. The molecule has 10 heteroatoms. The molecule has 1 amide bonds. The van der Waals surface area contributed by atoms with Gasteiger partial charge in [-0.3, -0.25) is 9.69 Å². The number of primary amides is 1. The number of hydrogen-bond acceptors (Lipinski definition) is 6. The van der Waals surface area contributed by atoms with Crippen molar-refractivity contribution in [2.45, 2.75) is 39.8 Å². The van der Waals surface area contributed by atoms with Crippen LogP contribution in [0.4, 0.5) is 0 Å². The van der Waals surface area contributed by atoms with E-state index in [0.717, 1.165) is 38.7 Å². The highest BCUT2D eigenvalue weighted by Crippen LogP contribution is 2.16. The Kier molecular flexibility index (Phi) is 8.06. The highest BCUT2D eigenvalue weighted by molar-refractivity contribution is 14.0. The lowest BCUT2D eigenvalue weighted by Gasteiger charge is -2.43. The van der Waals surface area contributed by atoms with Gasteiger partial charge in [0.05, 0.1) is 5.54 Å². The van der Waals surface area contributed by atoms with Gasteiger partial charge in [0, 0.05) is 32.7 Å². The molecule has 1 fully saturated rings. The van der Waals surface area contributed by atoms with Gasteiger partial charge in [-0.15, -0.1) is 24.0 Å². The summed E-state index contributed by atoms with van der Waals surface area (Å²) in [6.07, 6.45) is 0. The van der Waals surface area contributed by atoms with Crippen LogP contribution in [0.15, 0.2) is 9.52 Å². The topological polar surface area (TPSA) is 113 Å². The molecule has 3 N–H and O–H groups in total. The molecule has 0 aliphatic carbocycles. The van der Waals surface area contributed by atoms with Gasteiger partial charge in [0.1, 0.15) is 6.54 Å². The third kappa shape index (κ3) is 5.53. The molecule has 0 radical (unpaired) electrons. The van der Waals surface area contributed by atoms with Gasteiger partial charge in [-0.05, 0) is 27.7 Å². The van der Waals surface area contributed by atoms with E-state index >= 15 is 0 Å². The minimum atomic E-state index is -0.636. The van der Waals surface area contributed by atoms with E-state index < -0.39 is 5.54 Å². The smallest absolute Gasteiger partial charge is 0.248 e. The Labute approximate surface area is 165 Å². The van der Waals surface area contributed by atoms with Crippen LogP contribution in [-0.2, 0) is 11.3 Å². The number of carbonyl (C=O) groups is 1. The second kappa shape index (κ2) is 9.32. The number of hydrogen-bond donors (Lipinski definition) is 2. The van der Waals surface area contributed by atoms with E-state index in [-0.39, 0.29) is 29.9 Å². The predicted molar refractivity (Wildman–Crippen MR) is 106 cm³/mol. The Balaban J connectivity index is 0.00000312. The summed E-state index contributed by atoms with van der Waals surface area (Å²) in [7, 11) is 0. The Morgan fingerprint density at radius 3 is 2.48 bits per heavy atom. The summed E-state index contributed by atoms with van der Waals surface area (Å²) in [4.78, 5) is 24.6. The number of aliphatic imine (C=N–C) groups is 1. The van der Waals surface area contributed by atoms with Crippen molar-refractivity contribution in [1.29, 1.82) is 0 Å². The van der Waals surface area contributed by atoms with Crippen LogP contribution in [0.2, 0.25) is 0 Å². The summed E-state index contributed by atoms with van der Waals surface area (Å²) in [5.74, 6) is 1.61. The van der Waals surface area contributed by atoms with E-state index in [9.17, 15) is 4.79 Å². The van der Waals surface area contributed by atoms with Gasteiger partial charge in [-0.2, -0.15) is 4.98 Å². The lowest BCUT2D eigenvalue weighted by Crippen LogP contribution is -2.61. The fraction of sp³-hybridized carbons (Fsp3) is 0.733. The molecular formula is C15H28IN7O2. The zero-order chi connectivity index (χ0) is 17.7. The number of nitrogens with zero attached hydrogens (tertiary/aromatic N) is 5. The molecule has 0 atom stereocenters. The Morgan fingerprint density at radius 1 is 1.36 bits per heavy atom. The van der Waals surface area contributed by atoms with Crippen LogP contribution in [0.5, 0.6) is 0 Å². The zero-order valence-electron chi connectivity index (χ0n) is 15.3. The number of amides is 1. The van der Waals surface area contributed by atoms with Crippen molar-refractivity contribution in [2.75, 3.05) is 32.7 Å². The summed E-state index contributed by atoms with van der Waals surface area (Å²) < 4.78 is 5.09. The molecule has 0 spiro atoms. The van der Waals surface area contributed by atoms with Crippen molar-refractivity contribution in [3.05, 3.63) is 11.7 Å². The molecule has 1 aromatic rings. The van der Waals surface area contributed by atoms with Gasteiger partial charge in [0.25, 0.3) is 0 Å². The average molecular weight is 465 g/mol. The number of halogens is 1. The molecule has 9 nitrogen and oxygen atoms in total. The van der Waals surface area contributed by atoms with E-state index in [2.05, 4.69) is 30.2 Å². The largest absolute Gasteiger partial charge is 0.368 e. The fourth-order valence-corrected chi connectivity index (χ4v) is 2.61. The minimum Gasteiger partial charge on any atom is -0.368 e. The Hall–Kier alpha value is -1.43. The molecular weight excluding hydrogens is 437 g/mol. The molecule has 0 unspecified atom stereocenters. The molecule has 1 aromatic heterocycles. The van der Waals surface area contributed by atoms with Crippen LogP contribution in [-0.4, -0.2) is 70.1 Å².